The molecule has 1 aliphatic rings. The van der Waals surface area contributed by atoms with Gasteiger partial charge < -0.3 is 14.5 Å². The van der Waals surface area contributed by atoms with Crippen molar-refractivity contribution in [3.8, 4) is 11.6 Å². The predicted octanol–water partition coefficient (Wildman–Crippen LogP) is 3.86. The molecule has 0 bridgehead atoms. The van der Waals surface area contributed by atoms with Crippen LogP contribution in [-0.2, 0) is 0 Å². The van der Waals surface area contributed by atoms with Crippen molar-refractivity contribution in [2.45, 2.75) is 6.92 Å². The van der Waals surface area contributed by atoms with Crippen LogP contribution in [0.5, 0.6) is 11.6 Å². The van der Waals surface area contributed by atoms with Crippen LogP contribution in [0.25, 0.3) is 0 Å². The first-order valence-corrected chi connectivity index (χ1v) is 9.75. The Balaban J connectivity index is 1.57. The molecule has 0 amide bonds. The van der Waals surface area contributed by atoms with Gasteiger partial charge in [-0.25, -0.2) is 9.97 Å². The van der Waals surface area contributed by atoms with Gasteiger partial charge in [0.25, 0.3) is 0 Å². The molecule has 0 saturated carbocycles. The van der Waals surface area contributed by atoms with Crippen molar-refractivity contribution in [2.75, 3.05) is 36.0 Å². The summed E-state index contributed by atoms with van der Waals surface area (Å²) in [5.74, 6) is 1.45. The van der Waals surface area contributed by atoms with Gasteiger partial charge in [0.05, 0.1) is 4.92 Å². The SMILES string of the molecule is Cc1cc(Oc2ncnc(N3CCN(c4ccccn4)CC3)c2[N+](=O)[O-])ccc1Cl. The zero-order valence-corrected chi connectivity index (χ0v) is 17.0. The lowest BCUT2D eigenvalue weighted by Crippen LogP contribution is -2.47. The van der Waals surface area contributed by atoms with Crippen LogP contribution in [0.3, 0.4) is 0 Å². The summed E-state index contributed by atoms with van der Waals surface area (Å²) in [5, 5.41) is 12.4. The monoisotopic (exact) mass is 426 g/mol. The second-order valence-electron chi connectivity index (χ2n) is 6.78. The van der Waals surface area contributed by atoms with Gasteiger partial charge in [0.1, 0.15) is 17.9 Å². The highest BCUT2D eigenvalue weighted by Crippen LogP contribution is 2.37. The summed E-state index contributed by atoms with van der Waals surface area (Å²) in [6.45, 7) is 4.30. The summed E-state index contributed by atoms with van der Waals surface area (Å²) in [5.41, 5.74) is 0.549. The number of nitrogens with zero attached hydrogens (tertiary/aromatic N) is 6. The Morgan fingerprint density at radius 3 is 2.50 bits per heavy atom. The first-order valence-electron chi connectivity index (χ1n) is 9.37. The minimum Gasteiger partial charge on any atom is -0.434 e. The first kappa shape index (κ1) is 19.8. The minimum absolute atomic E-state index is 0.0983. The number of benzene rings is 1. The van der Waals surface area contributed by atoms with E-state index in [9.17, 15) is 10.1 Å². The van der Waals surface area contributed by atoms with E-state index in [0.29, 0.717) is 37.0 Å². The second kappa shape index (κ2) is 8.50. The van der Waals surface area contributed by atoms with Crippen molar-refractivity contribution in [1.82, 2.24) is 15.0 Å². The highest BCUT2D eigenvalue weighted by Gasteiger charge is 2.31. The zero-order valence-electron chi connectivity index (χ0n) is 16.2. The van der Waals surface area contributed by atoms with E-state index in [1.54, 1.807) is 24.4 Å². The topological polar surface area (TPSA) is 97.5 Å². The fourth-order valence-corrected chi connectivity index (χ4v) is 3.42. The van der Waals surface area contributed by atoms with Crippen molar-refractivity contribution in [2.24, 2.45) is 0 Å². The maximum atomic E-state index is 11.9. The third-order valence-corrected chi connectivity index (χ3v) is 5.27. The van der Waals surface area contributed by atoms with E-state index in [2.05, 4.69) is 19.9 Å². The number of aryl methyl sites for hydroxylation is 1. The molecule has 30 heavy (non-hydrogen) atoms. The Morgan fingerprint density at radius 2 is 1.83 bits per heavy atom. The van der Waals surface area contributed by atoms with E-state index in [-0.39, 0.29) is 17.4 Å². The summed E-state index contributed by atoms with van der Waals surface area (Å²) in [4.78, 5) is 27.9. The molecule has 0 unspecified atom stereocenters. The molecule has 10 heteroatoms. The van der Waals surface area contributed by atoms with Crippen molar-refractivity contribution in [3.63, 3.8) is 0 Å². The Bertz CT molecular complexity index is 1060. The highest BCUT2D eigenvalue weighted by atomic mass is 35.5. The third-order valence-electron chi connectivity index (χ3n) is 4.85. The normalized spacial score (nSPS) is 13.9. The summed E-state index contributed by atoms with van der Waals surface area (Å²) >= 11 is 6.04. The number of anilines is 2. The fraction of sp³-hybridized carbons (Fsp3) is 0.250. The molecule has 3 aromatic rings. The highest BCUT2D eigenvalue weighted by molar-refractivity contribution is 6.31. The number of ether oxygens (including phenoxy) is 1. The molecule has 3 heterocycles. The number of aromatic nitrogens is 3. The van der Waals surface area contributed by atoms with E-state index in [1.807, 2.05) is 30.0 Å². The average Bonchev–Trinajstić information content (AvgIpc) is 2.77. The van der Waals surface area contributed by atoms with Gasteiger partial charge in [-0.05, 0) is 42.8 Å². The lowest BCUT2D eigenvalue weighted by atomic mass is 10.2. The van der Waals surface area contributed by atoms with Gasteiger partial charge >= 0.3 is 11.6 Å². The van der Waals surface area contributed by atoms with Gasteiger partial charge in [-0.2, -0.15) is 4.98 Å². The smallest absolute Gasteiger partial charge is 0.373 e. The lowest BCUT2D eigenvalue weighted by Gasteiger charge is -2.35. The molecule has 1 saturated heterocycles. The maximum Gasteiger partial charge on any atom is 0.373 e. The van der Waals surface area contributed by atoms with Crippen LogP contribution in [0, 0.1) is 17.0 Å². The van der Waals surface area contributed by atoms with Crippen LogP contribution in [0.1, 0.15) is 5.56 Å². The standard InChI is InChI=1S/C20H19ClN6O3/c1-14-12-15(5-6-16(14)21)30-20-18(27(28)29)19(23-13-24-20)26-10-8-25(9-11-26)17-4-2-3-7-22-17/h2-7,12-13H,8-11H2,1H3. The number of pyridine rings is 1. The van der Waals surface area contributed by atoms with Crippen molar-refractivity contribution in [1.29, 1.82) is 0 Å². The van der Waals surface area contributed by atoms with Crippen molar-refractivity contribution < 1.29 is 9.66 Å². The van der Waals surface area contributed by atoms with E-state index in [4.69, 9.17) is 16.3 Å². The lowest BCUT2D eigenvalue weighted by molar-refractivity contribution is -0.385. The Morgan fingerprint density at radius 1 is 1.07 bits per heavy atom. The van der Waals surface area contributed by atoms with Crippen LogP contribution >= 0.6 is 11.6 Å². The Labute approximate surface area is 178 Å². The molecule has 1 aliphatic heterocycles. The Kier molecular flexibility index (Phi) is 5.62. The minimum atomic E-state index is -0.501. The van der Waals surface area contributed by atoms with Gasteiger partial charge in [-0.3, -0.25) is 10.1 Å². The number of halogens is 1. The number of nitro groups is 1. The second-order valence-corrected chi connectivity index (χ2v) is 7.19. The van der Waals surface area contributed by atoms with Crippen molar-refractivity contribution in [3.05, 3.63) is 69.6 Å². The molecule has 1 fully saturated rings. The third kappa shape index (κ3) is 4.11. The molecule has 0 aliphatic carbocycles. The molecule has 2 aromatic heterocycles. The van der Waals surface area contributed by atoms with Gasteiger partial charge in [-0.15, -0.1) is 0 Å². The summed E-state index contributed by atoms with van der Waals surface area (Å²) in [6, 6.07) is 10.8. The van der Waals surface area contributed by atoms with Gasteiger partial charge in [-0.1, -0.05) is 17.7 Å². The number of hydrogen-bond donors (Lipinski definition) is 0. The fourth-order valence-electron chi connectivity index (χ4n) is 3.30. The van der Waals surface area contributed by atoms with E-state index in [0.717, 1.165) is 11.4 Å². The maximum absolute atomic E-state index is 11.9. The summed E-state index contributed by atoms with van der Waals surface area (Å²) in [7, 11) is 0. The quantitative estimate of drug-likeness (QED) is 0.448. The summed E-state index contributed by atoms with van der Waals surface area (Å²) in [6.07, 6.45) is 3.03. The Hall–Kier alpha value is -3.46. The van der Waals surface area contributed by atoms with Crippen LogP contribution in [0.2, 0.25) is 5.02 Å². The molecule has 0 atom stereocenters. The van der Waals surface area contributed by atoms with Crippen LogP contribution in [0.15, 0.2) is 48.9 Å². The molecule has 0 radical (unpaired) electrons. The van der Waals surface area contributed by atoms with Gasteiger partial charge in [0.15, 0.2) is 0 Å². The van der Waals surface area contributed by atoms with Crippen molar-refractivity contribution >= 4 is 28.9 Å². The summed E-state index contributed by atoms with van der Waals surface area (Å²) < 4.78 is 5.73. The number of rotatable bonds is 5. The largest absolute Gasteiger partial charge is 0.434 e. The number of piperazine rings is 1. The molecule has 154 valence electrons. The van der Waals surface area contributed by atoms with E-state index in [1.165, 1.54) is 6.33 Å². The van der Waals surface area contributed by atoms with Crippen LogP contribution in [-0.4, -0.2) is 46.1 Å². The molecule has 4 rings (SSSR count). The van der Waals surface area contributed by atoms with Crippen LogP contribution in [0.4, 0.5) is 17.3 Å². The molecular formula is C20H19ClN6O3. The molecule has 9 nitrogen and oxygen atoms in total. The predicted molar refractivity (Wildman–Crippen MR) is 114 cm³/mol. The molecule has 1 aromatic carbocycles. The molecule has 0 N–H and O–H groups in total. The molecular weight excluding hydrogens is 408 g/mol. The van der Waals surface area contributed by atoms with Gasteiger partial charge in [0.2, 0.25) is 5.82 Å². The zero-order chi connectivity index (χ0) is 21.1. The van der Waals surface area contributed by atoms with Crippen LogP contribution < -0.4 is 14.5 Å². The van der Waals surface area contributed by atoms with Gasteiger partial charge in [0, 0.05) is 37.4 Å². The molecule has 0 spiro atoms. The van der Waals surface area contributed by atoms with E-state index < -0.39 is 4.92 Å². The van der Waals surface area contributed by atoms with E-state index >= 15 is 0 Å². The number of hydrogen-bond acceptors (Lipinski definition) is 8. The average molecular weight is 427 g/mol. The first-order chi connectivity index (χ1) is 14.5.